The summed E-state index contributed by atoms with van der Waals surface area (Å²) < 4.78 is 44.8. The van der Waals surface area contributed by atoms with Gasteiger partial charge < -0.3 is 25.2 Å². The lowest BCUT2D eigenvalue weighted by Gasteiger charge is -2.17. The van der Waals surface area contributed by atoms with Gasteiger partial charge in [-0.3, -0.25) is 19.4 Å². The highest BCUT2D eigenvalue weighted by molar-refractivity contribution is 6.11. The van der Waals surface area contributed by atoms with Crippen LogP contribution in [0.25, 0.3) is 11.3 Å². The maximum atomic E-state index is 13.6. The molecule has 0 radical (unpaired) electrons. The zero-order valence-electron chi connectivity index (χ0n) is 28.1. The van der Waals surface area contributed by atoms with E-state index in [0.717, 1.165) is 18.2 Å². The number of carboxylic acids is 2. The van der Waals surface area contributed by atoms with E-state index in [1.54, 1.807) is 32.0 Å². The van der Waals surface area contributed by atoms with E-state index < -0.39 is 47.0 Å². The van der Waals surface area contributed by atoms with Crippen LogP contribution < -0.4 is 10.1 Å². The summed E-state index contributed by atoms with van der Waals surface area (Å²) in [6.07, 6.45) is -3.92. The van der Waals surface area contributed by atoms with Gasteiger partial charge in [-0.1, -0.05) is 25.1 Å². The Morgan fingerprint density at radius 2 is 1.55 bits per heavy atom. The number of amides is 2. The topological polar surface area (TPSA) is 163 Å². The van der Waals surface area contributed by atoms with Crippen LogP contribution in [0.4, 0.5) is 18.9 Å². The van der Waals surface area contributed by atoms with Crippen LogP contribution in [0.2, 0.25) is 0 Å². The van der Waals surface area contributed by atoms with Crippen LogP contribution in [-0.4, -0.2) is 63.9 Å². The minimum Gasteiger partial charge on any atom is -0.478 e. The molecule has 51 heavy (non-hydrogen) atoms. The third-order valence-corrected chi connectivity index (χ3v) is 7.82. The molecule has 266 valence electrons. The van der Waals surface area contributed by atoms with E-state index in [-0.39, 0.29) is 64.2 Å². The highest BCUT2D eigenvalue weighted by Gasteiger charge is 2.30. The minimum absolute atomic E-state index is 0.0704. The number of esters is 1. The number of halogens is 3. The molecule has 0 aliphatic rings. The summed E-state index contributed by atoms with van der Waals surface area (Å²) >= 11 is 0. The number of aryl methyl sites for hydroxylation is 3. The number of aromatic carboxylic acids is 2. The number of carbonyl (C=O) groups excluding carboxylic acids is 3. The molecule has 11 nitrogen and oxygen atoms in total. The molecule has 14 heteroatoms. The SMILES string of the molecule is CCc1cc(C(=O)O)cc(C(=O)O)c1OC(=O)CCCc1ccc(NC(=O)c2ccc(C)nc2-c2ccc(C(F)(F)F)cc2)c(C(=O)N(C)C)c1. The van der Waals surface area contributed by atoms with E-state index in [9.17, 15) is 47.4 Å². The van der Waals surface area contributed by atoms with Gasteiger partial charge in [-0.25, -0.2) is 9.59 Å². The number of hydrogen-bond acceptors (Lipinski definition) is 7. The molecule has 1 aromatic heterocycles. The first-order chi connectivity index (χ1) is 24.0. The number of nitrogens with zero attached hydrogens (tertiary/aromatic N) is 2. The van der Waals surface area contributed by atoms with Gasteiger partial charge >= 0.3 is 24.1 Å². The predicted octanol–water partition coefficient (Wildman–Crippen LogP) is 6.92. The van der Waals surface area contributed by atoms with Crippen molar-refractivity contribution < 1.29 is 52.1 Å². The van der Waals surface area contributed by atoms with Gasteiger partial charge in [-0.2, -0.15) is 13.2 Å². The van der Waals surface area contributed by atoms with E-state index in [0.29, 0.717) is 17.7 Å². The third-order valence-electron chi connectivity index (χ3n) is 7.82. The van der Waals surface area contributed by atoms with Crippen molar-refractivity contribution in [2.45, 2.75) is 45.7 Å². The smallest absolute Gasteiger partial charge is 0.416 e. The van der Waals surface area contributed by atoms with E-state index in [1.807, 2.05) is 0 Å². The van der Waals surface area contributed by atoms with Crippen molar-refractivity contribution in [1.29, 1.82) is 0 Å². The fourth-order valence-electron chi connectivity index (χ4n) is 5.20. The van der Waals surface area contributed by atoms with Crippen molar-refractivity contribution in [3.63, 3.8) is 0 Å². The van der Waals surface area contributed by atoms with Crippen LogP contribution in [0.5, 0.6) is 5.75 Å². The second-order valence-electron chi connectivity index (χ2n) is 11.8. The second kappa shape index (κ2) is 15.7. The number of nitrogens with one attached hydrogen (secondary N) is 1. The fourth-order valence-corrected chi connectivity index (χ4v) is 5.20. The number of pyridine rings is 1. The summed E-state index contributed by atoms with van der Waals surface area (Å²) in [4.78, 5) is 68.5. The Morgan fingerprint density at radius 1 is 0.863 bits per heavy atom. The molecule has 0 aliphatic heterocycles. The lowest BCUT2D eigenvalue weighted by Crippen LogP contribution is -2.24. The molecule has 0 saturated heterocycles. The van der Waals surface area contributed by atoms with Gasteiger partial charge in [0.2, 0.25) is 0 Å². The molecule has 3 aromatic carbocycles. The Morgan fingerprint density at radius 3 is 2.14 bits per heavy atom. The summed E-state index contributed by atoms with van der Waals surface area (Å²) in [7, 11) is 3.06. The number of carbonyl (C=O) groups is 5. The maximum absolute atomic E-state index is 13.6. The van der Waals surface area contributed by atoms with Crippen molar-refractivity contribution in [1.82, 2.24) is 9.88 Å². The van der Waals surface area contributed by atoms with Crippen LogP contribution >= 0.6 is 0 Å². The summed E-state index contributed by atoms with van der Waals surface area (Å²) in [5.41, 5.74) is 0.697. The summed E-state index contributed by atoms with van der Waals surface area (Å²) in [6.45, 7) is 3.34. The Balaban J connectivity index is 1.53. The Hall–Kier alpha value is -6.05. The quantitative estimate of drug-likeness (QED) is 0.105. The largest absolute Gasteiger partial charge is 0.478 e. The van der Waals surface area contributed by atoms with Gasteiger partial charge in [0.15, 0.2) is 0 Å². The first-order valence-corrected chi connectivity index (χ1v) is 15.7. The van der Waals surface area contributed by atoms with E-state index in [1.165, 1.54) is 49.3 Å². The summed E-state index contributed by atoms with van der Waals surface area (Å²) in [5.74, 6) is -4.81. The van der Waals surface area contributed by atoms with Crippen LogP contribution in [0.1, 0.15) is 83.6 Å². The lowest BCUT2D eigenvalue weighted by molar-refractivity contribution is -0.137. The number of benzene rings is 3. The molecule has 0 fully saturated rings. The highest BCUT2D eigenvalue weighted by atomic mass is 19.4. The molecule has 2 amide bonds. The number of ether oxygens (including phenoxy) is 1. The van der Waals surface area contributed by atoms with Gasteiger partial charge in [0.1, 0.15) is 11.3 Å². The van der Waals surface area contributed by atoms with Gasteiger partial charge in [-0.05, 0) is 85.8 Å². The highest BCUT2D eigenvalue weighted by Crippen LogP contribution is 2.32. The van der Waals surface area contributed by atoms with Gasteiger partial charge in [0.05, 0.1) is 33.6 Å². The Bertz CT molecular complexity index is 2010. The van der Waals surface area contributed by atoms with E-state index in [4.69, 9.17) is 4.74 Å². The fraction of sp³-hybridized carbons (Fsp3) is 0.243. The average Bonchev–Trinajstić information content (AvgIpc) is 3.07. The zero-order valence-corrected chi connectivity index (χ0v) is 28.1. The normalized spacial score (nSPS) is 11.1. The standard InChI is InChI=1S/C37H34F3N3O8/c1-5-22-18-24(35(47)48)19-28(36(49)50)32(22)51-30(44)8-6-7-21-10-16-29(27(17-21)34(46)43(3)4)42-33(45)26-15-9-20(2)41-31(26)23-11-13-25(14-12-23)37(38,39)40/h9-19H,5-8H2,1-4H3,(H,42,45)(H,47,48)(H,49,50). The van der Waals surface area contributed by atoms with Gasteiger partial charge in [0.25, 0.3) is 11.8 Å². The van der Waals surface area contributed by atoms with Crippen LogP contribution in [0, 0.1) is 6.92 Å². The summed E-state index contributed by atoms with van der Waals surface area (Å²) in [5, 5.41) is 21.7. The average molecular weight is 706 g/mol. The number of rotatable bonds is 12. The van der Waals surface area contributed by atoms with Crippen LogP contribution in [-0.2, 0) is 23.8 Å². The molecular formula is C37H34F3N3O8. The molecule has 4 aromatic rings. The Labute approximate surface area is 290 Å². The van der Waals surface area contributed by atoms with Gasteiger partial charge in [0, 0.05) is 31.8 Å². The molecule has 0 saturated carbocycles. The molecule has 3 N–H and O–H groups in total. The first kappa shape index (κ1) is 37.8. The molecule has 0 spiro atoms. The number of alkyl halides is 3. The number of anilines is 1. The first-order valence-electron chi connectivity index (χ1n) is 15.7. The van der Waals surface area contributed by atoms with E-state index >= 15 is 0 Å². The van der Waals surface area contributed by atoms with Crippen molar-refractivity contribution >= 4 is 35.4 Å². The molecular weight excluding hydrogens is 671 g/mol. The molecule has 1 heterocycles. The molecule has 0 atom stereocenters. The molecule has 0 aliphatic carbocycles. The van der Waals surface area contributed by atoms with Crippen molar-refractivity contribution in [3.05, 3.63) is 111 Å². The number of carboxylic acid groups (broad SMARTS) is 2. The number of hydrogen-bond donors (Lipinski definition) is 3. The van der Waals surface area contributed by atoms with Crippen molar-refractivity contribution in [3.8, 4) is 17.0 Å². The molecule has 0 bridgehead atoms. The predicted molar refractivity (Wildman–Crippen MR) is 180 cm³/mol. The number of aromatic nitrogens is 1. The minimum atomic E-state index is -4.54. The van der Waals surface area contributed by atoms with Crippen LogP contribution in [0.15, 0.2) is 66.7 Å². The monoisotopic (exact) mass is 705 g/mol. The summed E-state index contributed by atoms with van der Waals surface area (Å²) in [6, 6.07) is 14.3. The third kappa shape index (κ3) is 9.15. The maximum Gasteiger partial charge on any atom is 0.416 e. The van der Waals surface area contributed by atoms with Crippen molar-refractivity contribution in [2.75, 3.05) is 19.4 Å². The zero-order chi connectivity index (χ0) is 37.6. The molecule has 4 rings (SSSR count). The lowest BCUT2D eigenvalue weighted by atomic mass is 10.0. The van der Waals surface area contributed by atoms with E-state index in [2.05, 4.69) is 10.3 Å². The Kier molecular flexibility index (Phi) is 11.6. The van der Waals surface area contributed by atoms with Gasteiger partial charge in [-0.15, -0.1) is 0 Å². The van der Waals surface area contributed by atoms with Crippen LogP contribution in [0.3, 0.4) is 0 Å². The van der Waals surface area contributed by atoms with Crippen molar-refractivity contribution in [2.24, 2.45) is 0 Å². The second-order valence-corrected chi connectivity index (χ2v) is 11.8. The molecule has 0 unspecified atom stereocenters.